The normalized spacial score (nSPS) is 18.5. The van der Waals surface area contributed by atoms with E-state index in [0.29, 0.717) is 0 Å². The van der Waals surface area contributed by atoms with Crippen molar-refractivity contribution in [1.29, 1.82) is 0 Å². The fourth-order valence-electron chi connectivity index (χ4n) is 4.06. The van der Waals surface area contributed by atoms with Gasteiger partial charge < -0.3 is 15.2 Å². The van der Waals surface area contributed by atoms with Gasteiger partial charge in [0.15, 0.2) is 15.9 Å². The Morgan fingerprint density at radius 2 is 1.91 bits per heavy atom. The van der Waals surface area contributed by atoms with Gasteiger partial charge in [0.1, 0.15) is 11.4 Å². The number of ether oxygens (including phenoxy) is 1. The maximum absolute atomic E-state index is 13.4. The predicted molar refractivity (Wildman–Crippen MR) is 118 cm³/mol. The van der Waals surface area contributed by atoms with Crippen molar-refractivity contribution >= 4 is 26.6 Å². The molecule has 4 rings (SSSR count). The molecule has 0 saturated carbocycles. The molecule has 0 radical (unpaired) electrons. The van der Waals surface area contributed by atoms with E-state index in [2.05, 4.69) is 10.4 Å². The first kappa shape index (κ1) is 24.9. The van der Waals surface area contributed by atoms with Crippen LogP contribution in [-0.2, 0) is 9.84 Å². The minimum Gasteiger partial charge on any atom is -0.461 e. The van der Waals surface area contributed by atoms with Crippen molar-refractivity contribution in [3.63, 3.8) is 0 Å². The zero-order valence-corrected chi connectivity index (χ0v) is 19.3. The second kappa shape index (κ2) is 8.48. The number of aromatic nitrogens is 2. The first-order chi connectivity index (χ1) is 16.2. The summed E-state index contributed by atoms with van der Waals surface area (Å²) in [5, 5.41) is 16.4. The van der Waals surface area contributed by atoms with Crippen LogP contribution in [0.4, 0.5) is 17.6 Å². The van der Waals surface area contributed by atoms with Crippen molar-refractivity contribution in [3.8, 4) is 11.4 Å². The van der Waals surface area contributed by atoms with Crippen molar-refractivity contribution in [2.24, 2.45) is 0 Å². The second-order valence-electron chi connectivity index (χ2n) is 8.68. The van der Waals surface area contributed by atoms with Crippen LogP contribution < -0.4 is 10.1 Å². The lowest BCUT2D eigenvalue weighted by Gasteiger charge is -2.38. The highest BCUT2D eigenvalue weighted by Crippen LogP contribution is 2.37. The number of alkyl halides is 4. The Bertz CT molecular complexity index is 1390. The fourth-order valence-corrected chi connectivity index (χ4v) is 6.06. The van der Waals surface area contributed by atoms with Gasteiger partial charge in [0.2, 0.25) is 6.36 Å². The van der Waals surface area contributed by atoms with Gasteiger partial charge in [-0.25, -0.2) is 17.5 Å². The number of rotatable bonds is 6. The smallest absolute Gasteiger partial charge is 0.420 e. The molecule has 0 bridgehead atoms. The van der Waals surface area contributed by atoms with Gasteiger partial charge in [0.25, 0.3) is 5.91 Å². The summed E-state index contributed by atoms with van der Waals surface area (Å²) in [6, 6.07) is 9.68. The molecule has 2 N–H and O–H groups in total. The number of carbonyl (C=O) groups excluding carboxylic acids is 1. The van der Waals surface area contributed by atoms with Crippen LogP contribution in [0.1, 0.15) is 36.0 Å². The molecule has 1 fully saturated rings. The molecule has 188 valence electrons. The van der Waals surface area contributed by atoms with Crippen molar-refractivity contribution in [2.45, 2.75) is 38.0 Å². The van der Waals surface area contributed by atoms with Crippen molar-refractivity contribution in [2.75, 3.05) is 11.5 Å². The number of halogens is 4. The van der Waals surface area contributed by atoms with Crippen LogP contribution in [0.25, 0.3) is 16.6 Å². The van der Waals surface area contributed by atoms with Gasteiger partial charge in [-0.2, -0.15) is 18.3 Å². The highest BCUT2D eigenvalue weighted by atomic mass is 32.2. The van der Waals surface area contributed by atoms with Crippen LogP contribution in [0.5, 0.6) is 5.75 Å². The molecule has 1 amide bonds. The molecular weight excluding hydrogens is 494 g/mol. The topological polar surface area (TPSA) is 111 Å². The molecule has 2 heterocycles. The number of sulfone groups is 1. The molecule has 2 atom stereocenters. The molecule has 1 saturated heterocycles. The number of amides is 1. The third-order valence-electron chi connectivity index (χ3n) is 5.39. The number of hydrogen-bond donors (Lipinski definition) is 2. The zero-order valence-electron chi connectivity index (χ0n) is 18.5. The largest absolute Gasteiger partial charge is 0.461 e. The Morgan fingerprint density at radius 3 is 2.51 bits per heavy atom. The standard InChI is InChI=1S/C22H21F4N3O5S/c1-12(23)34-15-5-3-4-14(9-15)29-17-7-6-13(20(31)27-21(2)10-35(32,33)11-21)8-16(17)18(28-29)19(30)22(24,25)26/h3-9,12,19,30H,10-11H2,1-2H3,(H,27,31). The first-order valence-electron chi connectivity index (χ1n) is 10.4. The van der Waals surface area contributed by atoms with Crippen LogP contribution >= 0.6 is 0 Å². The predicted octanol–water partition coefficient (Wildman–Crippen LogP) is 3.23. The summed E-state index contributed by atoms with van der Waals surface area (Å²) in [4.78, 5) is 12.7. The van der Waals surface area contributed by atoms with Crippen molar-refractivity contribution in [3.05, 3.63) is 53.7 Å². The number of fused-ring (bicyclic) bond motifs is 1. The molecule has 1 aliphatic heterocycles. The van der Waals surface area contributed by atoms with Gasteiger partial charge in [0, 0.05) is 23.9 Å². The summed E-state index contributed by atoms with van der Waals surface area (Å²) in [5.41, 5.74) is -1.38. The number of aliphatic hydroxyl groups excluding tert-OH is 1. The highest BCUT2D eigenvalue weighted by molar-refractivity contribution is 7.93. The Morgan fingerprint density at radius 1 is 1.23 bits per heavy atom. The Balaban J connectivity index is 1.78. The Hall–Kier alpha value is -3.19. The molecule has 35 heavy (non-hydrogen) atoms. The quantitative estimate of drug-likeness (QED) is 0.488. The number of hydrogen-bond acceptors (Lipinski definition) is 6. The van der Waals surface area contributed by atoms with E-state index < -0.39 is 45.6 Å². The van der Waals surface area contributed by atoms with Gasteiger partial charge in [-0.1, -0.05) is 6.07 Å². The molecule has 0 spiro atoms. The Kier molecular flexibility index (Phi) is 6.04. The third-order valence-corrected chi connectivity index (χ3v) is 7.55. The van der Waals surface area contributed by atoms with Gasteiger partial charge in [0.05, 0.1) is 28.2 Å². The van der Waals surface area contributed by atoms with Crippen molar-refractivity contribution < 1.29 is 40.6 Å². The van der Waals surface area contributed by atoms with Crippen LogP contribution in [0.15, 0.2) is 42.5 Å². The van der Waals surface area contributed by atoms with Crippen LogP contribution in [-0.4, -0.2) is 58.8 Å². The van der Waals surface area contributed by atoms with E-state index in [-0.39, 0.29) is 39.4 Å². The molecule has 0 aliphatic carbocycles. The molecule has 8 nitrogen and oxygen atoms in total. The third kappa shape index (κ3) is 5.10. The minimum atomic E-state index is -5.03. The lowest BCUT2D eigenvalue weighted by molar-refractivity contribution is -0.207. The van der Waals surface area contributed by atoms with E-state index in [1.165, 1.54) is 43.3 Å². The lowest BCUT2D eigenvalue weighted by Crippen LogP contribution is -2.63. The first-order valence-corrected chi connectivity index (χ1v) is 12.2. The summed E-state index contributed by atoms with van der Waals surface area (Å²) in [6.45, 7) is 2.72. The SMILES string of the molecule is CC(F)Oc1cccc(-n2nc(C(O)C(F)(F)F)c3cc(C(=O)NC4(C)CS(=O)(=O)C4)ccc32)c1. The molecule has 2 aromatic carbocycles. The van der Waals surface area contributed by atoms with Gasteiger partial charge in [-0.15, -0.1) is 0 Å². The second-order valence-corrected chi connectivity index (χ2v) is 10.7. The number of nitrogens with zero attached hydrogens (tertiary/aromatic N) is 2. The van der Waals surface area contributed by atoms with Crippen LogP contribution in [0.2, 0.25) is 0 Å². The van der Waals surface area contributed by atoms with Gasteiger partial charge in [-0.05, 0) is 37.3 Å². The summed E-state index contributed by atoms with van der Waals surface area (Å²) in [7, 11) is -3.24. The number of carbonyl (C=O) groups is 1. The minimum absolute atomic E-state index is 0.0402. The van der Waals surface area contributed by atoms with E-state index in [1.807, 2.05) is 0 Å². The highest BCUT2D eigenvalue weighted by Gasteiger charge is 2.46. The number of nitrogens with one attached hydrogen (secondary N) is 1. The average Bonchev–Trinajstić information content (AvgIpc) is 3.09. The van der Waals surface area contributed by atoms with E-state index >= 15 is 0 Å². The molecule has 1 aliphatic rings. The van der Waals surface area contributed by atoms with Crippen LogP contribution in [0, 0.1) is 0 Å². The van der Waals surface area contributed by atoms with E-state index in [4.69, 9.17) is 4.74 Å². The van der Waals surface area contributed by atoms with E-state index in [9.17, 15) is 35.9 Å². The zero-order chi connectivity index (χ0) is 25.8. The number of benzene rings is 2. The lowest BCUT2D eigenvalue weighted by atomic mass is 10.0. The molecule has 2 unspecified atom stereocenters. The summed E-state index contributed by atoms with van der Waals surface area (Å²) in [5.74, 6) is -1.07. The maximum atomic E-state index is 13.4. The molecular formula is C22H21F4N3O5S. The Labute approximate surface area is 197 Å². The molecule has 13 heteroatoms. The summed E-state index contributed by atoms with van der Waals surface area (Å²) >= 11 is 0. The van der Waals surface area contributed by atoms with Gasteiger partial charge >= 0.3 is 6.18 Å². The number of aliphatic hydroxyl groups is 1. The monoisotopic (exact) mass is 515 g/mol. The summed E-state index contributed by atoms with van der Waals surface area (Å²) in [6.07, 6.45) is -9.60. The fraction of sp³-hybridized carbons (Fsp3) is 0.364. The molecule has 3 aromatic rings. The molecule has 1 aromatic heterocycles. The summed E-state index contributed by atoms with van der Waals surface area (Å²) < 4.78 is 82.5. The van der Waals surface area contributed by atoms with Gasteiger partial charge in [-0.3, -0.25) is 4.79 Å². The maximum Gasteiger partial charge on any atom is 0.420 e. The van der Waals surface area contributed by atoms with E-state index in [0.717, 1.165) is 10.7 Å². The van der Waals surface area contributed by atoms with E-state index in [1.54, 1.807) is 6.92 Å². The van der Waals surface area contributed by atoms with Crippen molar-refractivity contribution in [1.82, 2.24) is 15.1 Å². The average molecular weight is 515 g/mol. The van der Waals surface area contributed by atoms with Crippen LogP contribution in [0.3, 0.4) is 0 Å².